The van der Waals surface area contributed by atoms with Crippen LogP contribution in [0.25, 0.3) is 0 Å². The predicted octanol–water partition coefficient (Wildman–Crippen LogP) is 2.36. The first-order valence-corrected chi connectivity index (χ1v) is 5.06. The molecular weight excluding hydrogens is 162 g/mol. The van der Waals surface area contributed by atoms with Crippen LogP contribution in [0.2, 0.25) is 0 Å². The molecule has 13 heavy (non-hydrogen) atoms. The quantitative estimate of drug-likeness (QED) is 0.463. The maximum absolute atomic E-state index is 5.38. The van der Waals surface area contributed by atoms with Gasteiger partial charge in [0.2, 0.25) is 0 Å². The van der Waals surface area contributed by atoms with Crippen molar-refractivity contribution in [3.8, 4) is 0 Å². The predicted molar refractivity (Wildman–Crippen MR) is 58.0 cm³/mol. The fraction of sp³-hybridized carbons (Fsp3) is 0.818. The Morgan fingerprint density at radius 3 is 2.62 bits per heavy atom. The zero-order chi connectivity index (χ0) is 10.2. The van der Waals surface area contributed by atoms with Crippen LogP contribution in [0.15, 0.2) is 12.7 Å². The van der Waals surface area contributed by atoms with Crippen LogP contribution in [0.1, 0.15) is 33.6 Å². The van der Waals surface area contributed by atoms with Gasteiger partial charge >= 0.3 is 0 Å². The van der Waals surface area contributed by atoms with E-state index in [1.807, 2.05) is 6.08 Å². The third kappa shape index (κ3) is 8.00. The number of nitrogens with one attached hydrogen (secondary N) is 1. The van der Waals surface area contributed by atoms with E-state index in [0.29, 0.717) is 0 Å². The minimum absolute atomic E-state index is 0.238. The fourth-order valence-corrected chi connectivity index (χ4v) is 0.855. The molecule has 0 aromatic rings. The second-order valence-corrected chi connectivity index (χ2v) is 3.85. The standard InChI is InChI=1S/C11H23NO/c1-5-7-9-13-10-8-12-11(3,4)6-2/h5,12H,1,6-10H2,2-4H3. The highest BCUT2D eigenvalue weighted by molar-refractivity contribution is 4.74. The highest BCUT2D eigenvalue weighted by atomic mass is 16.5. The molecule has 0 aromatic heterocycles. The van der Waals surface area contributed by atoms with Crippen molar-refractivity contribution in [3.05, 3.63) is 12.7 Å². The average molecular weight is 185 g/mol. The van der Waals surface area contributed by atoms with Crippen LogP contribution in [0.4, 0.5) is 0 Å². The van der Waals surface area contributed by atoms with Crippen molar-refractivity contribution in [1.82, 2.24) is 5.32 Å². The summed E-state index contributed by atoms with van der Waals surface area (Å²) in [7, 11) is 0. The molecule has 0 saturated carbocycles. The second kappa shape index (κ2) is 7.10. The topological polar surface area (TPSA) is 21.3 Å². The Kier molecular flexibility index (Phi) is 6.92. The van der Waals surface area contributed by atoms with Gasteiger partial charge in [-0.2, -0.15) is 0 Å². The average Bonchev–Trinajstić information content (AvgIpc) is 2.11. The monoisotopic (exact) mass is 185 g/mol. The van der Waals surface area contributed by atoms with Crippen LogP contribution in [-0.4, -0.2) is 25.3 Å². The lowest BCUT2D eigenvalue weighted by molar-refractivity contribution is 0.134. The Labute approximate surface area is 82.4 Å². The van der Waals surface area contributed by atoms with Gasteiger partial charge in [-0.3, -0.25) is 0 Å². The van der Waals surface area contributed by atoms with Crippen molar-refractivity contribution in [2.75, 3.05) is 19.8 Å². The number of ether oxygens (including phenoxy) is 1. The Morgan fingerprint density at radius 2 is 2.08 bits per heavy atom. The fourth-order valence-electron chi connectivity index (χ4n) is 0.855. The van der Waals surface area contributed by atoms with Crippen molar-refractivity contribution in [2.45, 2.75) is 39.2 Å². The summed E-state index contributed by atoms with van der Waals surface area (Å²) in [5.74, 6) is 0. The molecule has 0 fully saturated rings. The van der Waals surface area contributed by atoms with Crippen LogP contribution in [0, 0.1) is 0 Å². The minimum Gasteiger partial charge on any atom is -0.380 e. The van der Waals surface area contributed by atoms with Gasteiger partial charge in [0, 0.05) is 12.1 Å². The Morgan fingerprint density at radius 1 is 1.38 bits per heavy atom. The van der Waals surface area contributed by atoms with Crippen molar-refractivity contribution in [1.29, 1.82) is 0 Å². The third-order valence-electron chi connectivity index (χ3n) is 2.20. The molecule has 2 nitrogen and oxygen atoms in total. The van der Waals surface area contributed by atoms with E-state index >= 15 is 0 Å². The lowest BCUT2D eigenvalue weighted by atomic mass is 10.0. The van der Waals surface area contributed by atoms with E-state index in [4.69, 9.17) is 4.74 Å². The zero-order valence-corrected chi connectivity index (χ0v) is 9.23. The molecule has 0 aliphatic carbocycles. The Bertz CT molecular complexity index is 132. The summed E-state index contributed by atoms with van der Waals surface area (Å²) in [5.41, 5.74) is 0.238. The molecule has 78 valence electrons. The van der Waals surface area contributed by atoms with Crippen LogP contribution in [0.5, 0.6) is 0 Å². The summed E-state index contributed by atoms with van der Waals surface area (Å²) in [6.45, 7) is 12.7. The third-order valence-corrected chi connectivity index (χ3v) is 2.20. The van der Waals surface area contributed by atoms with E-state index in [0.717, 1.165) is 32.6 Å². The van der Waals surface area contributed by atoms with Gasteiger partial charge in [0.25, 0.3) is 0 Å². The van der Waals surface area contributed by atoms with E-state index in [9.17, 15) is 0 Å². The Hall–Kier alpha value is -0.340. The summed E-state index contributed by atoms with van der Waals surface area (Å²) < 4.78 is 5.38. The molecule has 0 amide bonds. The highest BCUT2D eigenvalue weighted by Gasteiger charge is 2.12. The second-order valence-electron chi connectivity index (χ2n) is 3.85. The van der Waals surface area contributed by atoms with Gasteiger partial charge in [-0.05, 0) is 26.7 Å². The molecule has 1 N–H and O–H groups in total. The minimum atomic E-state index is 0.238. The number of rotatable bonds is 8. The molecule has 0 saturated heterocycles. The zero-order valence-electron chi connectivity index (χ0n) is 9.23. The number of hydrogen-bond donors (Lipinski definition) is 1. The lowest BCUT2D eigenvalue weighted by Crippen LogP contribution is -2.40. The van der Waals surface area contributed by atoms with Crippen molar-refractivity contribution in [2.24, 2.45) is 0 Å². The summed E-state index contributed by atoms with van der Waals surface area (Å²) in [4.78, 5) is 0. The van der Waals surface area contributed by atoms with Crippen molar-refractivity contribution < 1.29 is 4.74 Å². The first-order valence-electron chi connectivity index (χ1n) is 5.06. The van der Waals surface area contributed by atoms with E-state index < -0.39 is 0 Å². The summed E-state index contributed by atoms with van der Waals surface area (Å²) in [6, 6.07) is 0. The molecule has 0 radical (unpaired) electrons. The van der Waals surface area contributed by atoms with Gasteiger partial charge in [-0.1, -0.05) is 13.0 Å². The molecule has 0 rings (SSSR count). The van der Waals surface area contributed by atoms with Crippen LogP contribution in [0.3, 0.4) is 0 Å². The first-order chi connectivity index (χ1) is 6.12. The summed E-state index contributed by atoms with van der Waals surface area (Å²) in [5, 5.41) is 3.43. The van der Waals surface area contributed by atoms with Gasteiger partial charge < -0.3 is 10.1 Å². The summed E-state index contributed by atoms with van der Waals surface area (Å²) >= 11 is 0. The molecule has 0 aliphatic rings. The molecule has 2 heteroatoms. The Balaban J connectivity index is 3.20. The van der Waals surface area contributed by atoms with Crippen LogP contribution < -0.4 is 5.32 Å². The summed E-state index contributed by atoms with van der Waals surface area (Å²) in [6.07, 6.45) is 3.96. The molecule has 0 unspecified atom stereocenters. The van der Waals surface area contributed by atoms with Gasteiger partial charge in [0.1, 0.15) is 0 Å². The van der Waals surface area contributed by atoms with Crippen molar-refractivity contribution >= 4 is 0 Å². The molecule has 0 aliphatic heterocycles. The maximum Gasteiger partial charge on any atom is 0.0591 e. The molecular formula is C11H23NO. The molecule has 0 heterocycles. The van der Waals surface area contributed by atoms with E-state index in [2.05, 4.69) is 32.7 Å². The van der Waals surface area contributed by atoms with E-state index in [1.54, 1.807) is 0 Å². The van der Waals surface area contributed by atoms with E-state index in [1.165, 1.54) is 0 Å². The number of hydrogen-bond acceptors (Lipinski definition) is 2. The smallest absolute Gasteiger partial charge is 0.0591 e. The van der Waals surface area contributed by atoms with Crippen LogP contribution >= 0.6 is 0 Å². The molecule has 0 atom stereocenters. The van der Waals surface area contributed by atoms with Gasteiger partial charge in [-0.25, -0.2) is 0 Å². The van der Waals surface area contributed by atoms with Gasteiger partial charge in [-0.15, -0.1) is 6.58 Å². The van der Waals surface area contributed by atoms with Gasteiger partial charge in [0.05, 0.1) is 13.2 Å². The van der Waals surface area contributed by atoms with E-state index in [-0.39, 0.29) is 5.54 Å². The lowest BCUT2D eigenvalue weighted by Gasteiger charge is -2.24. The normalized spacial score (nSPS) is 11.6. The van der Waals surface area contributed by atoms with Gasteiger partial charge in [0.15, 0.2) is 0 Å². The van der Waals surface area contributed by atoms with Crippen LogP contribution in [-0.2, 0) is 4.74 Å². The SMILES string of the molecule is C=CCCOCCNC(C)(C)CC. The molecule has 0 spiro atoms. The molecule has 0 aromatic carbocycles. The first kappa shape index (κ1) is 12.7. The molecule has 0 bridgehead atoms. The van der Waals surface area contributed by atoms with Crippen molar-refractivity contribution in [3.63, 3.8) is 0 Å². The largest absolute Gasteiger partial charge is 0.380 e. The highest BCUT2D eigenvalue weighted by Crippen LogP contribution is 2.05. The maximum atomic E-state index is 5.38.